The lowest BCUT2D eigenvalue weighted by atomic mass is 9.81. The summed E-state index contributed by atoms with van der Waals surface area (Å²) < 4.78 is 23.5. The Bertz CT molecular complexity index is 1060. The second-order valence-corrected chi connectivity index (χ2v) is 7.54. The Labute approximate surface area is 200 Å². The molecule has 2 aromatic carbocycles. The van der Waals surface area contributed by atoms with Crippen molar-refractivity contribution in [1.29, 1.82) is 0 Å². The monoisotopic (exact) mass is 537 g/mol. The number of carbonyl (C=O) groups is 1. The first-order valence-corrected chi connectivity index (χ1v) is 9.61. The van der Waals surface area contributed by atoms with Crippen molar-refractivity contribution in [2.75, 3.05) is 35.5 Å². The summed E-state index contributed by atoms with van der Waals surface area (Å²) >= 11 is 0. The predicted molar refractivity (Wildman–Crippen MR) is 117 cm³/mol. The second kappa shape index (κ2) is 9.72. The minimum Gasteiger partial charge on any atom is -1.00 e. The van der Waals surface area contributed by atoms with Crippen molar-refractivity contribution in [1.82, 2.24) is 0 Å². The molecule has 0 aliphatic carbocycles. The summed E-state index contributed by atoms with van der Waals surface area (Å²) in [5.41, 5.74) is 4.26. The molecule has 3 rings (SSSR count). The molecule has 166 valence electrons. The van der Waals surface area contributed by atoms with E-state index in [-0.39, 0.29) is 35.4 Å². The van der Waals surface area contributed by atoms with Crippen molar-refractivity contribution < 1.29 is 52.3 Å². The molecule has 0 atom stereocenters. The van der Waals surface area contributed by atoms with Crippen LogP contribution in [0.15, 0.2) is 36.4 Å². The molecule has 0 spiro atoms. The van der Waals surface area contributed by atoms with Gasteiger partial charge in [0, 0.05) is 17.7 Å². The van der Waals surface area contributed by atoms with Crippen LogP contribution in [0, 0.1) is 0 Å². The van der Waals surface area contributed by atoms with Gasteiger partial charge in [-0.05, 0) is 38.1 Å². The summed E-state index contributed by atoms with van der Waals surface area (Å²) in [6, 6.07) is 9.34. The molecule has 0 saturated carbocycles. The summed E-state index contributed by atoms with van der Waals surface area (Å²) in [5, 5.41) is 0. The van der Waals surface area contributed by atoms with Crippen LogP contribution in [0.2, 0.25) is 0 Å². The quantitative estimate of drug-likeness (QED) is 0.315. The van der Waals surface area contributed by atoms with Gasteiger partial charge in [0.25, 0.3) is 0 Å². The zero-order chi connectivity index (χ0) is 22.1. The molecular formula is C24H28INO5. The van der Waals surface area contributed by atoms with E-state index in [9.17, 15) is 4.79 Å². The number of ether oxygens (including phenoxy) is 4. The van der Waals surface area contributed by atoms with E-state index in [0.29, 0.717) is 22.8 Å². The number of hydrogen-bond acceptors (Lipinski definition) is 5. The molecular weight excluding hydrogens is 509 g/mol. The number of esters is 1. The average molecular weight is 537 g/mol. The van der Waals surface area contributed by atoms with Crippen LogP contribution in [-0.4, -0.2) is 51.7 Å². The number of allylic oxidation sites excluding steroid dienone is 1. The average Bonchev–Trinajstić information content (AvgIpc) is 2.95. The highest BCUT2D eigenvalue weighted by atomic mass is 127. The Hall–Kier alpha value is -2.55. The van der Waals surface area contributed by atoms with E-state index in [0.717, 1.165) is 22.5 Å². The number of methoxy groups -OCH3 is 4. The maximum atomic E-state index is 12.0. The SMILES string of the molecule is COC(=O)c1ccc2c(c1)[N+](C)=C(/C=C/c1c(OC)ccc(OC)c1OC)C2(C)C.[I-]. The molecule has 0 N–H and O–H groups in total. The van der Waals surface area contributed by atoms with Gasteiger partial charge in [-0.25, -0.2) is 4.79 Å². The van der Waals surface area contributed by atoms with Crippen molar-refractivity contribution >= 4 is 23.4 Å². The van der Waals surface area contributed by atoms with Crippen molar-refractivity contribution in [3.63, 3.8) is 0 Å². The fourth-order valence-corrected chi connectivity index (χ4v) is 4.02. The smallest absolute Gasteiger partial charge is 0.338 e. The number of carbonyl (C=O) groups excluding carboxylic acids is 1. The van der Waals surface area contributed by atoms with E-state index in [4.69, 9.17) is 18.9 Å². The molecule has 0 saturated heterocycles. The highest BCUT2D eigenvalue weighted by molar-refractivity contribution is 6.06. The van der Waals surface area contributed by atoms with Crippen LogP contribution in [0.1, 0.15) is 35.3 Å². The van der Waals surface area contributed by atoms with Crippen molar-refractivity contribution in [3.8, 4) is 17.2 Å². The third-order valence-corrected chi connectivity index (χ3v) is 5.63. The van der Waals surface area contributed by atoms with E-state index in [1.54, 1.807) is 27.4 Å². The fourth-order valence-electron chi connectivity index (χ4n) is 4.02. The highest BCUT2D eigenvalue weighted by Gasteiger charge is 2.43. The third kappa shape index (κ3) is 4.28. The first-order chi connectivity index (χ1) is 14.3. The molecule has 1 aliphatic rings. The number of fused-ring (bicyclic) bond motifs is 1. The molecule has 7 heteroatoms. The van der Waals surface area contributed by atoms with Gasteiger partial charge in [0.15, 0.2) is 17.2 Å². The van der Waals surface area contributed by atoms with Crippen LogP contribution in [0.4, 0.5) is 5.69 Å². The van der Waals surface area contributed by atoms with Gasteiger partial charge in [-0.1, -0.05) is 6.07 Å². The van der Waals surface area contributed by atoms with E-state index >= 15 is 0 Å². The number of benzene rings is 2. The predicted octanol–water partition coefficient (Wildman–Crippen LogP) is 1.22. The van der Waals surface area contributed by atoms with Crippen molar-refractivity contribution in [2.45, 2.75) is 19.3 Å². The summed E-state index contributed by atoms with van der Waals surface area (Å²) in [5.74, 6) is 1.58. The zero-order valence-electron chi connectivity index (χ0n) is 18.9. The largest absolute Gasteiger partial charge is 1.00 e. The minimum atomic E-state index is -0.348. The second-order valence-electron chi connectivity index (χ2n) is 7.54. The summed E-state index contributed by atoms with van der Waals surface area (Å²) in [4.78, 5) is 12.0. The third-order valence-electron chi connectivity index (χ3n) is 5.63. The molecule has 6 nitrogen and oxygen atoms in total. The molecule has 0 radical (unpaired) electrons. The highest BCUT2D eigenvalue weighted by Crippen LogP contribution is 2.42. The van der Waals surface area contributed by atoms with Crippen molar-refractivity contribution in [2.24, 2.45) is 0 Å². The maximum Gasteiger partial charge on any atom is 0.338 e. The van der Waals surface area contributed by atoms with Crippen LogP contribution in [0.5, 0.6) is 17.2 Å². The molecule has 0 unspecified atom stereocenters. The number of nitrogens with zero attached hydrogens (tertiary/aromatic N) is 1. The van der Waals surface area contributed by atoms with Gasteiger partial charge >= 0.3 is 5.97 Å². The minimum absolute atomic E-state index is 0. The molecule has 2 aromatic rings. The normalized spacial score (nSPS) is 14.2. The fraction of sp³-hybridized carbons (Fsp3) is 0.333. The molecule has 1 aliphatic heterocycles. The lowest BCUT2D eigenvalue weighted by Crippen LogP contribution is -3.00. The van der Waals surface area contributed by atoms with Crippen LogP contribution < -0.4 is 38.2 Å². The number of halogens is 1. The number of rotatable bonds is 6. The summed E-state index contributed by atoms with van der Waals surface area (Å²) in [6.07, 6.45) is 4.03. The lowest BCUT2D eigenvalue weighted by molar-refractivity contribution is -0.401. The molecule has 0 aromatic heterocycles. The van der Waals surface area contributed by atoms with Gasteiger partial charge in [-0.15, -0.1) is 0 Å². The first-order valence-electron chi connectivity index (χ1n) is 9.61. The Kier molecular flexibility index (Phi) is 7.75. The van der Waals surface area contributed by atoms with E-state index in [1.807, 2.05) is 37.4 Å². The van der Waals surface area contributed by atoms with Crippen LogP contribution in [0.3, 0.4) is 0 Å². The van der Waals surface area contributed by atoms with Gasteiger partial charge in [-0.2, -0.15) is 4.58 Å². The number of hydrogen-bond donors (Lipinski definition) is 0. The van der Waals surface area contributed by atoms with Crippen LogP contribution in [-0.2, 0) is 10.2 Å². The first kappa shape index (κ1) is 24.7. The van der Waals surface area contributed by atoms with Gasteiger partial charge < -0.3 is 42.9 Å². The lowest BCUT2D eigenvalue weighted by Gasteiger charge is -2.16. The van der Waals surface area contributed by atoms with E-state index < -0.39 is 0 Å². The topological polar surface area (TPSA) is 57.0 Å². The summed E-state index contributed by atoms with van der Waals surface area (Å²) in [6.45, 7) is 4.32. The standard InChI is InChI=1S/C24H28NO5.HI/c1-24(2)17-10-8-15(23(26)30-7)14-18(17)25(3)21(24)13-9-16-19(27-4)11-12-20(28-5)22(16)29-6;/h8-14H,1-7H3;1H/q+1;/p-1/b13-9+;. The van der Waals surface area contributed by atoms with E-state index in [1.165, 1.54) is 7.11 Å². The van der Waals surface area contributed by atoms with Gasteiger partial charge in [0.05, 0.1) is 45.0 Å². The molecule has 0 amide bonds. The van der Waals surface area contributed by atoms with Gasteiger partial charge in [-0.3, -0.25) is 0 Å². The van der Waals surface area contributed by atoms with E-state index in [2.05, 4.69) is 24.5 Å². The maximum absolute atomic E-state index is 12.0. The van der Waals surface area contributed by atoms with Crippen LogP contribution in [0.25, 0.3) is 6.08 Å². The molecule has 0 fully saturated rings. The van der Waals surface area contributed by atoms with Crippen LogP contribution >= 0.6 is 0 Å². The Morgan fingerprint density at radius 3 is 2.16 bits per heavy atom. The van der Waals surface area contributed by atoms with Gasteiger partial charge in [0.1, 0.15) is 12.8 Å². The molecule has 31 heavy (non-hydrogen) atoms. The molecule has 1 heterocycles. The Morgan fingerprint density at radius 1 is 0.935 bits per heavy atom. The zero-order valence-corrected chi connectivity index (χ0v) is 21.1. The summed E-state index contributed by atoms with van der Waals surface area (Å²) in [7, 11) is 8.22. The molecule has 0 bridgehead atoms. The van der Waals surface area contributed by atoms with Crippen molar-refractivity contribution in [3.05, 3.63) is 53.1 Å². The van der Waals surface area contributed by atoms with Gasteiger partial charge in [0.2, 0.25) is 5.69 Å². The Morgan fingerprint density at radius 2 is 1.58 bits per heavy atom. The Balaban J connectivity index is 0.00000341.